The van der Waals surface area contributed by atoms with Crippen LogP contribution < -0.4 is 5.32 Å². The molecule has 2 aromatic heterocycles. The molecule has 0 aliphatic rings. The first-order chi connectivity index (χ1) is 9.29. The Balaban J connectivity index is 1.77. The molecule has 0 fully saturated rings. The van der Waals surface area contributed by atoms with Gasteiger partial charge in [-0.05, 0) is 29.0 Å². The third kappa shape index (κ3) is 4.32. The maximum absolute atomic E-state index is 4.15. The van der Waals surface area contributed by atoms with Crippen molar-refractivity contribution < 1.29 is 0 Å². The van der Waals surface area contributed by atoms with Crippen molar-refractivity contribution in [3.8, 4) is 0 Å². The Morgan fingerprint density at radius 1 is 1.42 bits per heavy atom. The minimum Gasteiger partial charge on any atom is -0.315 e. The van der Waals surface area contributed by atoms with Crippen molar-refractivity contribution in [2.24, 2.45) is 7.05 Å². The van der Waals surface area contributed by atoms with Crippen molar-refractivity contribution in [3.63, 3.8) is 0 Å². The monoisotopic (exact) mass is 281 g/mol. The highest BCUT2D eigenvalue weighted by Gasteiger charge is 2.06. The van der Waals surface area contributed by atoms with E-state index in [1.165, 1.54) is 5.56 Å². The Bertz CT molecular complexity index is 493. The molecule has 0 atom stereocenters. The topological polar surface area (TPSA) is 73.5 Å². The summed E-state index contributed by atoms with van der Waals surface area (Å²) in [5, 5.41) is 20.1. The van der Waals surface area contributed by atoms with Gasteiger partial charge in [-0.2, -0.15) is 5.10 Å². The van der Waals surface area contributed by atoms with Crippen molar-refractivity contribution in [3.05, 3.63) is 18.0 Å². The molecule has 0 amide bonds. The zero-order chi connectivity index (χ0) is 13.5. The molecular formula is C11H19N7S. The van der Waals surface area contributed by atoms with Gasteiger partial charge < -0.3 is 5.32 Å². The standard InChI is InChI=1S/C11H19N7S/c1-3-12-5-6-18-11(14-15-16-18)19-7-4-10-8-13-17(2)9-10/h8-9,12H,3-7H2,1-2H3. The van der Waals surface area contributed by atoms with Gasteiger partial charge in [-0.1, -0.05) is 18.7 Å². The first-order valence-corrected chi connectivity index (χ1v) is 7.35. The van der Waals surface area contributed by atoms with Gasteiger partial charge in [0.1, 0.15) is 0 Å². The average molecular weight is 281 g/mol. The number of likely N-dealkylation sites (N-methyl/N-ethyl adjacent to an activating group) is 1. The molecule has 0 saturated carbocycles. The van der Waals surface area contributed by atoms with Gasteiger partial charge in [-0.25, -0.2) is 4.68 Å². The molecule has 0 radical (unpaired) electrons. The number of hydrogen-bond acceptors (Lipinski definition) is 6. The summed E-state index contributed by atoms with van der Waals surface area (Å²) in [4.78, 5) is 0. The summed E-state index contributed by atoms with van der Waals surface area (Å²) in [6.45, 7) is 4.74. The lowest BCUT2D eigenvalue weighted by Crippen LogP contribution is -2.20. The summed E-state index contributed by atoms with van der Waals surface area (Å²) in [5.74, 6) is 0.952. The van der Waals surface area contributed by atoms with Crippen LogP contribution in [-0.4, -0.2) is 48.8 Å². The van der Waals surface area contributed by atoms with Crippen molar-refractivity contribution in [2.45, 2.75) is 25.0 Å². The van der Waals surface area contributed by atoms with Crippen LogP contribution in [0.3, 0.4) is 0 Å². The molecule has 0 aromatic carbocycles. The fourth-order valence-electron chi connectivity index (χ4n) is 1.66. The van der Waals surface area contributed by atoms with Crippen molar-refractivity contribution in [1.29, 1.82) is 0 Å². The van der Waals surface area contributed by atoms with Crippen LogP contribution in [0.15, 0.2) is 17.6 Å². The molecular weight excluding hydrogens is 262 g/mol. The lowest BCUT2D eigenvalue weighted by atomic mass is 10.3. The lowest BCUT2D eigenvalue weighted by Gasteiger charge is -2.04. The first-order valence-electron chi connectivity index (χ1n) is 6.36. The van der Waals surface area contributed by atoms with E-state index in [1.807, 2.05) is 28.8 Å². The van der Waals surface area contributed by atoms with E-state index in [-0.39, 0.29) is 0 Å². The number of tetrazole rings is 1. The Morgan fingerprint density at radius 3 is 3.05 bits per heavy atom. The Labute approximate surface area is 116 Å². The van der Waals surface area contributed by atoms with E-state index in [1.54, 1.807) is 11.8 Å². The van der Waals surface area contributed by atoms with E-state index >= 15 is 0 Å². The number of aromatic nitrogens is 6. The quantitative estimate of drug-likeness (QED) is 0.556. The summed E-state index contributed by atoms with van der Waals surface area (Å²) in [6.07, 6.45) is 4.90. The molecule has 7 nitrogen and oxygen atoms in total. The second kappa shape index (κ2) is 7.25. The number of aryl methyl sites for hydroxylation is 2. The van der Waals surface area contributed by atoms with Crippen LogP contribution >= 0.6 is 11.8 Å². The third-order valence-corrected chi connectivity index (χ3v) is 3.59. The van der Waals surface area contributed by atoms with E-state index < -0.39 is 0 Å². The van der Waals surface area contributed by atoms with Gasteiger partial charge in [-0.15, -0.1) is 5.10 Å². The summed E-state index contributed by atoms with van der Waals surface area (Å²) >= 11 is 1.68. The lowest BCUT2D eigenvalue weighted by molar-refractivity contribution is 0.517. The molecule has 19 heavy (non-hydrogen) atoms. The summed E-state index contributed by atoms with van der Waals surface area (Å²) in [5.41, 5.74) is 1.24. The third-order valence-electron chi connectivity index (χ3n) is 2.63. The Kier molecular flexibility index (Phi) is 5.34. The van der Waals surface area contributed by atoms with Gasteiger partial charge >= 0.3 is 0 Å². The molecule has 0 spiro atoms. The zero-order valence-electron chi connectivity index (χ0n) is 11.3. The molecule has 0 unspecified atom stereocenters. The van der Waals surface area contributed by atoms with Crippen molar-refractivity contribution >= 4 is 11.8 Å². The highest BCUT2D eigenvalue weighted by atomic mass is 32.2. The summed E-state index contributed by atoms with van der Waals surface area (Å²) in [6, 6.07) is 0. The Hall–Kier alpha value is -1.41. The van der Waals surface area contributed by atoms with Crippen LogP contribution in [0, 0.1) is 0 Å². The number of rotatable bonds is 8. The van der Waals surface area contributed by atoms with Crippen LogP contribution in [0.25, 0.3) is 0 Å². The number of nitrogens with one attached hydrogen (secondary N) is 1. The molecule has 0 saturated heterocycles. The van der Waals surface area contributed by atoms with Crippen LogP contribution in [0.1, 0.15) is 12.5 Å². The van der Waals surface area contributed by atoms with E-state index in [2.05, 4.69) is 32.9 Å². The zero-order valence-corrected chi connectivity index (χ0v) is 12.1. The van der Waals surface area contributed by atoms with Gasteiger partial charge in [0.2, 0.25) is 5.16 Å². The van der Waals surface area contributed by atoms with Crippen LogP contribution in [-0.2, 0) is 20.0 Å². The highest BCUT2D eigenvalue weighted by Crippen LogP contribution is 2.15. The molecule has 2 heterocycles. The minimum absolute atomic E-state index is 0.802. The van der Waals surface area contributed by atoms with E-state index in [4.69, 9.17) is 0 Å². The predicted octanol–water partition coefficient (Wildman–Crippen LogP) is 0.351. The maximum Gasteiger partial charge on any atom is 0.209 e. The Morgan fingerprint density at radius 2 is 2.32 bits per heavy atom. The SMILES string of the molecule is CCNCCn1nnnc1SCCc1cnn(C)c1. The van der Waals surface area contributed by atoms with Gasteiger partial charge in [0.15, 0.2) is 0 Å². The van der Waals surface area contributed by atoms with Gasteiger partial charge in [0, 0.05) is 25.5 Å². The highest BCUT2D eigenvalue weighted by molar-refractivity contribution is 7.99. The van der Waals surface area contributed by atoms with Crippen LogP contribution in [0.5, 0.6) is 0 Å². The normalized spacial score (nSPS) is 11.1. The number of nitrogens with zero attached hydrogens (tertiary/aromatic N) is 6. The molecule has 2 aromatic rings. The van der Waals surface area contributed by atoms with E-state index in [0.29, 0.717) is 0 Å². The molecule has 1 N–H and O–H groups in total. The van der Waals surface area contributed by atoms with Crippen LogP contribution in [0.4, 0.5) is 0 Å². The molecule has 0 bridgehead atoms. The second-order valence-corrected chi connectivity index (χ2v) is 5.22. The minimum atomic E-state index is 0.802. The largest absolute Gasteiger partial charge is 0.315 e. The molecule has 2 rings (SSSR count). The van der Waals surface area contributed by atoms with Crippen molar-refractivity contribution in [2.75, 3.05) is 18.8 Å². The number of thioether (sulfide) groups is 1. The molecule has 0 aliphatic carbocycles. The van der Waals surface area contributed by atoms with Gasteiger partial charge in [-0.3, -0.25) is 4.68 Å². The molecule has 8 heteroatoms. The van der Waals surface area contributed by atoms with Gasteiger partial charge in [0.25, 0.3) is 0 Å². The van der Waals surface area contributed by atoms with Crippen LogP contribution in [0.2, 0.25) is 0 Å². The van der Waals surface area contributed by atoms with Crippen molar-refractivity contribution in [1.82, 2.24) is 35.3 Å². The predicted molar refractivity (Wildman–Crippen MR) is 74.0 cm³/mol. The van der Waals surface area contributed by atoms with E-state index in [0.717, 1.165) is 37.0 Å². The first kappa shape index (κ1) is 14.0. The maximum atomic E-state index is 4.15. The average Bonchev–Trinajstić information content (AvgIpc) is 3.00. The fourth-order valence-corrected chi connectivity index (χ4v) is 2.55. The van der Waals surface area contributed by atoms with E-state index in [9.17, 15) is 0 Å². The summed E-state index contributed by atoms with van der Waals surface area (Å²) in [7, 11) is 1.93. The summed E-state index contributed by atoms with van der Waals surface area (Å²) < 4.78 is 3.66. The smallest absolute Gasteiger partial charge is 0.209 e. The fraction of sp³-hybridized carbons (Fsp3) is 0.636. The molecule has 104 valence electrons. The molecule has 0 aliphatic heterocycles. The van der Waals surface area contributed by atoms with Gasteiger partial charge in [0.05, 0.1) is 12.7 Å². The second-order valence-electron chi connectivity index (χ2n) is 4.16. The number of hydrogen-bond donors (Lipinski definition) is 1.